The quantitative estimate of drug-likeness (QED) is 0.380. The fourth-order valence-electron chi connectivity index (χ4n) is 3.81. The summed E-state index contributed by atoms with van der Waals surface area (Å²) < 4.78 is 3.64. The molecule has 0 aromatic rings. The first-order valence-corrected chi connectivity index (χ1v) is 11.2. The molecule has 0 saturated heterocycles. The molecule has 4 heteroatoms. The van der Waals surface area contributed by atoms with Gasteiger partial charge < -0.3 is 0 Å². The van der Waals surface area contributed by atoms with Crippen molar-refractivity contribution in [2.24, 2.45) is 10.8 Å². The zero-order valence-corrected chi connectivity index (χ0v) is 21.2. The van der Waals surface area contributed by atoms with E-state index >= 15 is 0 Å². The van der Waals surface area contributed by atoms with Gasteiger partial charge in [0.1, 0.15) is 0 Å². The van der Waals surface area contributed by atoms with Crippen LogP contribution in [0, 0.1) is 47.5 Å². The van der Waals surface area contributed by atoms with Crippen LogP contribution in [-0.2, 0) is 0 Å². The van der Waals surface area contributed by atoms with E-state index < -0.39 is 36.7 Å². The van der Waals surface area contributed by atoms with Crippen molar-refractivity contribution in [3.05, 3.63) is 35.9 Å². The minimum atomic E-state index is -0.997. The predicted molar refractivity (Wildman–Crippen MR) is 111 cm³/mol. The van der Waals surface area contributed by atoms with Crippen LogP contribution in [0.5, 0.6) is 0 Å². The van der Waals surface area contributed by atoms with Crippen molar-refractivity contribution in [1.82, 2.24) is 0 Å². The predicted octanol–water partition coefficient (Wildman–Crippen LogP) is 6.57. The minimum absolute atomic E-state index is 0. The van der Waals surface area contributed by atoms with Crippen LogP contribution in [0.15, 0.2) is 35.9 Å². The Labute approximate surface area is 194 Å². The normalized spacial score (nSPS) is 21.6. The Kier molecular flexibility index (Phi) is 10.5. The summed E-state index contributed by atoms with van der Waals surface area (Å²) in [5.74, 6) is 0. The molecule has 0 unspecified atom stereocenters. The van der Waals surface area contributed by atoms with E-state index in [1.807, 2.05) is 2.45 Å². The molecular weight excluding hydrogens is 462 g/mol. The molecule has 2 aliphatic carbocycles. The first-order valence-electron chi connectivity index (χ1n) is 8.00. The zero-order chi connectivity index (χ0) is 16.3. The SMILES string of the molecule is CC1=C(C)C(C)(C)[C]([Nd][C]2=C(C)C(C)=C(C)C2(C)C)=C1C.Cl.Cl.[LiH]. The zero-order valence-electron chi connectivity index (χ0n) is 16.3. The third-order valence-corrected chi connectivity index (χ3v) is 14.4. The van der Waals surface area contributed by atoms with Gasteiger partial charge in [-0.15, -0.1) is 24.8 Å². The van der Waals surface area contributed by atoms with E-state index in [0.29, 0.717) is 10.8 Å². The van der Waals surface area contributed by atoms with Crippen LogP contribution in [0.2, 0.25) is 0 Å². The summed E-state index contributed by atoms with van der Waals surface area (Å²) in [6.07, 6.45) is 0. The van der Waals surface area contributed by atoms with E-state index in [9.17, 15) is 0 Å². The van der Waals surface area contributed by atoms with Gasteiger partial charge in [0.2, 0.25) is 0 Å². The standard InChI is InChI=1S/2C10H15.2ClH.Li.Nd.H/c2*1-7-6-10(4,5)9(3)8(7)2;;;;;/h2*1-5H3;2*1H;;;. The van der Waals surface area contributed by atoms with Crippen molar-refractivity contribution in [2.45, 2.75) is 69.2 Å². The summed E-state index contributed by atoms with van der Waals surface area (Å²) in [5, 5.41) is 0. The van der Waals surface area contributed by atoms with Gasteiger partial charge in [0.25, 0.3) is 0 Å². The molecule has 0 N–H and O–H groups in total. The van der Waals surface area contributed by atoms with Gasteiger partial charge in [-0.3, -0.25) is 0 Å². The fraction of sp³-hybridized carbons (Fsp3) is 0.600. The molecule has 0 radical (unpaired) electrons. The summed E-state index contributed by atoms with van der Waals surface area (Å²) in [6, 6.07) is 0. The maximum absolute atomic E-state index is 2.44. The second-order valence-electron chi connectivity index (χ2n) is 7.88. The third kappa shape index (κ3) is 4.15. The van der Waals surface area contributed by atoms with Gasteiger partial charge in [0.15, 0.2) is 0 Å². The van der Waals surface area contributed by atoms with Crippen LogP contribution in [0.3, 0.4) is 0 Å². The Bertz CT molecular complexity index is 591. The summed E-state index contributed by atoms with van der Waals surface area (Å²) in [4.78, 5) is 0. The first kappa shape index (κ1) is 27.7. The van der Waals surface area contributed by atoms with Gasteiger partial charge >= 0.3 is 172 Å². The summed E-state index contributed by atoms with van der Waals surface area (Å²) in [5.41, 5.74) is 10.1. The maximum atomic E-state index is 2.44. The van der Waals surface area contributed by atoms with Crippen LogP contribution in [0.4, 0.5) is 0 Å². The van der Waals surface area contributed by atoms with E-state index in [4.69, 9.17) is 0 Å². The number of halogens is 2. The van der Waals surface area contributed by atoms with Crippen molar-refractivity contribution >= 4 is 43.7 Å². The van der Waals surface area contributed by atoms with E-state index in [1.54, 1.807) is 33.4 Å². The average molecular weight is 496 g/mol. The number of hydrogen-bond donors (Lipinski definition) is 0. The van der Waals surface area contributed by atoms with Crippen LogP contribution < -0.4 is 0 Å². The number of hydrogen-bond acceptors (Lipinski definition) is 0. The van der Waals surface area contributed by atoms with Crippen LogP contribution in [0.25, 0.3) is 0 Å². The monoisotopic (exact) mass is 492 g/mol. The topological polar surface area (TPSA) is 0 Å². The Hall–Kier alpha value is 1.49. The van der Waals surface area contributed by atoms with Gasteiger partial charge in [-0.25, -0.2) is 0 Å². The molecule has 2 aliphatic rings. The van der Waals surface area contributed by atoms with Crippen molar-refractivity contribution in [3.8, 4) is 0 Å². The first-order chi connectivity index (χ1) is 9.44. The molecule has 0 amide bonds. The van der Waals surface area contributed by atoms with E-state index in [1.165, 1.54) is 0 Å². The van der Waals surface area contributed by atoms with Crippen molar-refractivity contribution in [2.75, 3.05) is 0 Å². The molecule has 0 spiro atoms. The molecule has 0 heterocycles. The fourth-order valence-corrected chi connectivity index (χ4v) is 10.2. The van der Waals surface area contributed by atoms with Gasteiger partial charge in [-0.2, -0.15) is 0 Å². The molecule has 0 saturated carbocycles. The van der Waals surface area contributed by atoms with E-state index in [0.717, 1.165) is 0 Å². The van der Waals surface area contributed by atoms with Gasteiger partial charge in [0, 0.05) is 0 Å². The molecule has 0 atom stereocenters. The molecule has 0 aromatic heterocycles. The molecule has 0 fully saturated rings. The molecule has 24 heavy (non-hydrogen) atoms. The molecule has 0 nitrogen and oxygen atoms in total. The molecule has 0 aromatic carbocycles. The van der Waals surface area contributed by atoms with Crippen molar-refractivity contribution < 1.29 is 36.7 Å². The Morgan fingerprint density at radius 3 is 0.958 bits per heavy atom. The van der Waals surface area contributed by atoms with Crippen LogP contribution >= 0.6 is 24.8 Å². The van der Waals surface area contributed by atoms with Gasteiger partial charge in [-0.1, -0.05) is 0 Å². The van der Waals surface area contributed by atoms with Crippen LogP contribution in [-0.4, -0.2) is 18.9 Å². The summed E-state index contributed by atoms with van der Waals surface area (Å²) in [7, 11) is 0. The van der Waals surface area contributed by atoms with Gasteiger partial charge in [-0.05, 0) is 0 Å². The van der Waals surface area contributed by atoms with Gasteiger partial charge in [0.05, 0.1) is 0 Å². The average Bonchev–Trinajstić information content (AvgIpc) is 2.63. The molecule has 132 valence electrons. The molecular formula is C20H33Cl2LiNd. The van der Waals surface area contributed by atoms with Crippen LogP contribution in [0.1, 0.15) is 69.2 Å². The van der Waals surface area contributed by atoms with E-state index in [-0.39, 0.29) is 43.7 Å². The Morgan fingerprint density at radius 2 is 0.792 bits per heavy atom. The second kappa shape index (κ2) is 9.12. The number of allylic oxidation sites excluding steroid dienone is 8. The van der Waals surface area contributed by atoms with E-state index in [2.05, 4.69) is 69.2 Å². The molecule has 0 bridgehead atoms. The summed E-state index contributed by atoms with van der Waals surface area (Å²) in [6.45, 7) is 23.8. The Morgan fingerprint density at radius 1 is 0.542 bits per heavy atom. The molecule has 0 aliphatic heterocycles. The van der Waals surface area contributed by atoms with Crippen molar-refractivity contribution in [1.29, 1.82) is 0 Å². The molecule has 2 rings (SSSR count). The Balaban J connectivity index is 0. The number of rotatable bonds is 2. The second-order valence-corrected chi connectivity index (χ2v) is 11.9. The van der Waals surface area contributed by atoms with Crippen molar-refractivity contribution in [3.63, 3.8) is 0 Å². The summed E-state index contributed by atoms with van der Waals surface area (Å²) >= 11 is -0.997. The third-order valence-electron chi connectivity index (χ3n) is 6.38.